The van der Waals surface area contributed by atoms with E-state index < -0.39 is 11.9 Å². The largest absolute Gasteiger partial charge is 0.488 e. The molecule has 36 heavy (non-hydrogen) atoms. The maximum Gasteiger partial charge on any atom is 0.321 e. The van der Waals surface area contributed by atoms with E-state index in [9.17, 15) is 9.59 Å². The van der Waals surface area contributed by atoms with Crippen LogP contribution in [0.1, 0.15) is 27.0 Å². The zero-order valence-corrected chi connectivity index (χ0v) is 19.9. The fourth-order valence-corrected chi connectivity index (χ4v) is 3.62. The van der Waals surface area contributed by atoms with Crippen molar-refractivity contribution in [3.8, 4) is 11.5 Å². The Bertz CT molecular complexity index is 1200. The van der Waals surface area contributed by atoms with Gasteiger partial charge in [0.25, 0.3) is 5.91 Å². The summed E-state index contributed by atoms with van der Waals surface area (Å²) in [6.07, 6.45) is 0.657. The van der Waals surface area contributed by atoms with Gasteiger partial charge in [0.1, 0.15) is 30.3 Å². The van der Waals surface area contributed by atoms with E-state index in [4.69, 9.17) is 9.47 Å². The van der Waals surface area contributed by atoms with Gasteiger partial charge in [-0.2, -0.15) is 0 Å². The Labute approximate surface area is 210 Å². The predicted molar refractivity (Wildman–Crippen MR) is 139 cm³/mol. The fraction of sp³-hybridized carbons (Fsp3) is 0.133. The molecule has 6 heteroatoms. The van der Waals surface area contributed by atoms with Crippen LogP contribution in [-0.4, -0.2) is 18.5 Å². The molecule has 0 spiro atoms. The molecule has 6 nitrogen and oxygen atoms in total. The van der Waals surface area contributed by atoms with Gasteiger partial charge in [-0.05, 0) is 35.2 Å². The van der Waals surface area contributed by atoms with Crippen molar-refractivity contribution < 1.29 is 19.1 Å². The fourth-order valence-electron chi connectivity index (χ4n) is 3.62. The number of nitrogens with one attached hydrogen (secondary N) is 2. The number of ether oxygens (including phenoxy) is 2. The molecule has 182 valence electrons. The van der Waals surface area contributed by atoms with E-state index in [2.05, 4.69) is 10.6 Å². The maximum absolute atomic E-state index is 13.2. The minimum atomic E-state index is -0.598. The lowest BCUT2D eigenvalue weighted by atomic mass is 10.1. The van der Waals surface area contributed by atoms with Crippen molar-refractivity contribution in [2.75, 3.05) is 6.54 Å². The van der Waals surface area contributed by atoms with Crippen molar-refractivity contribution in [2.24, 2.45) is 0 Å². The molecule has 0 aliphatic carbocycles. The molecule has 0 radical (unpaired) electrons. The van der Waals surface area contributed by atoms with Crippen LogP contribution < -0.4 is 20.1 Å². The number of amides is 3. The summed E-state index contributed by atoms with van der Waals surface area (Å²) in [6, 6.07) is 33.7. The number of hydrogen-bond acceptors (Lipinski definition) is 4. The number of benzene rings is 4. The molecule has 0 saturated heterocycles. The lowest BCUT2D eigenvalue weighted by Gasteiger charge is -2.16. The van der Waals surface area contributed by atoms with Crippen LogP contribution in [0.2, 0.25) is 0 Å². The first-order chi connectivity index (χ1) is 17.7. The highest BCUT2D eigenvalue weighted by Gasteiger charge is 2.21. The highest BCUT2D eigenvalue weighted by Crippen LogP contribution is 2.30. The Morgan fingerprint density at radius 2 is 1.06 bits per heavy atom. The quantitative estimate of drug-likeness (QED) is 0.313. The van der Waals surface area contributed by atoms with E-state index in [1.807, 2.05) is 91.0 Å². The Balaban J connectivity index is 1.46. The number of carbonyl (C=O) groups excluding carboxylic acids is 2. The van der Waals surface area contributed by atoms with Gasteiger partial charge in [0.2, 0.25) is 0 Å². The van der Waals surface area contributed by atoms with Crippen LogP contribution in [0.25, 0.3) is 0 Å². The molecule has 0 aromatic heterocycles. The molecule has 0 aliphatic rings. The average molecular weight is 481 g/mol. The van der Waals surface area contributed by atoms with Crippen molar-refractivity contribution in [1.29, 1.82) is 0 Å². The summed E-state index contributed by atoms with van der Waals surface area (Å²) in [5.41, 5.74) is 3.18. The van der Waals surface area contributed by atoms with Crippen LogP contribution >= 0.6 is 0 Å². The highest BCUT2D eigenvalue weighted by molar-refractivity contribution is 6.07. The molecule has 4 rings (SSSR count). The molecule has 0 aliphatic heterocycles. The summed E-state index contributed by atoms with van der Waals surface area (Å²) in [5.74, 6) is 0.0666. The van der Waals surface area contributed by atoms with Crippen LogP contribution in [-0.2, 0) is 19.6 Å². The van der Waals surface area contributed by atoms with Crippen LogP contribution in [0.5, 0.6) is 11.5 Å². The Morgan fingerprint density at radius 3 is 1.56 bits per heavy atom. The Hall–Kier alpha value is -4.58. The number of urea groups is 1. The van der Waals surface area contributed by atoms with Crippen LogP contribution in [0.3, 0.4) is 0 Å². The SMILES string of the molecule is O=C(NCCc1ccccc1)NC(=O)c1c(OCc2ccccc2)cccc1OCc1ccccc1. The topological polar surface area (TPSA) is 76.7 Å². The van der Waals surface area contributed by atoms with Gasteiger partial charge >= 0.3 is 6.03 Å². The molecular formula is C30H28N2O4. The first kappa shape index (κ1) is 24.5. The second kappa shape index (κ2) is 12.8. The van der Waals surface area contributed by atoms with Gasteiger partial charge in [0.15, 0.2) is 0 Å². The third-order valence-electron chi connectivity index (χ3n) is 5.46. The van der Waals surface area contributed by atoms with Gasteiger partial charge in [-0.15, -0.1) is 0 Å². The maximum atomic E-state index is 13.2. The molecule has 0 atom stereocenters. The van der Waals surface area contributed by atoms with Gasteiger partial charge in [-0.3, -0.25) is 10.1 Å². The molecule has 0 heterocycles. The molecule has 0 unspecified atom stereocenters. The van der Waals surface area contributed by atoms with Crippen molar-refractivity contribution in [3.63, 3.8) is 0 Å². The second-order valence-corrected chi connectivity index (χ2v) is 8.12. The number of carbonyl (C=O) groups is 2. The Kier molecular flexibility index (Phi) is 8.70. The van der Waals surface area contributed by atoms with Gasteiger partial charge in [-0.1, -0.05) is 97.1 Å². The summed E-state index contributed by atoms with van der Waals surface area (Å²) in [4.78, 5) is 25.7. The first-order valence-corrected chi connectivity index (χ1v) is 11.8. The van der Waals surface area contributed by atoms with Crippen molar-refractivity contribution in [3.05, 3.63) is 131 Å². The molecule has 0 bridgehead atoms. The second-order valence-electron chi connectivity index (χ2n) is 8.12. The smallest absolute Gasteiger partial charge is 0.321 e. The van der Waals surface area contributed by atoms with E-state index in [0.29, 0.717) is 24.5 Å². The molecule has 3 amide bonds. The Morgan fingerprint density at radius 1 is 0.583 bits per heavy atom. The predicted octanol–water partition coefficient (Wildman–Crippen LogP) is 5.53. The summed E-state index contributed by atoms with van der Waals surface area (Å²) >= 11 is 0. The number of rotatable bonds is 10. The van der Waals surface area contributed by atoms with Gasteiger partial charge in [-0.25, -0.2) is 4.79 Å². The minimum absolute atomic E-state index is 0.169. The van der Waals surface area contributed by atoms with Crippen molar-refractivity contribution >= 4 is 11.9 Å². The number of hydrogen-bond donors (Lipinski definition) is 2. The lowest BCUT2D eigenvalue weighted by molar-refractivity contribution is 0.0954. The standard InChI is InChI=1S/C30H28N2O4/c33-29(32-30(34)31-20-19-23-11-4-1-5-12-23)28-26(35-21-24-13-6-2-7-14-24)17-10-18-27(28)36-22-25-15-8-3-9-16-25/h1-18H,19-22H2,(H2,31,32,33,34). The molecular weight excluding hydrogens is 452 g/mol. The summed E-state index contributed by atoms with van der Waals surface area (Å²) in [6.45, 7) is 0.936. The minimum Gasteiger partial charge on any atom is -0.488 e. The van der Waals surface area contributed by atoms with E-state index in [0.717, 1.165) is 16.7 Å². The molecule has 0 fully saturated rings. The average Bonchev–Trinajstić information content (AvgIpc) is 2.92. The van der Waals surface area contributed by atoms with Crippen LogP contribution in [0, 0.1) is 0 Å². The van der Waals surface area contributed by atoms with Gasteiger partial charge in [0, 0.05) is 6.54 Å². The van der Waals surface area contributed by atoms with Crippen molar-refractivity contribution in [1.82, 2.24) is 10.6 Å². The van der Waals surface area contributed by atoms with Crippen LogP contribution in [0.15, 0.2) is 109 Å². The summed E-state index contributed by atoms with van der Waals surface area (Å²) < 4.78 is 12.0. The van der Waals surface area contributed by atoms with Gasteiger partial charge < -0.3 is 14.8 Å². The van der Waals surface area contributed by atoms with Gasteiger partial charge in [0.05, 0.1) is 0 Å². The normalized spacial score (nSPS) is 10.3. The third-order valence-corrected chi connectivity index (χ3v) is 5.46. The molecule has 4 aromatic rings. The lowest BCUT2D eigenvalue weighted by Crippen LogP contribution is -2.40. The van der Waals surface area contributed by atoms with E-state index in [1.54, 1.807) is 18.2 Å². The van der Waals surface area contributed by atoms with E-state index >= 15 is 0 Å². The van der Waals surface area contributed by atoms with E-state index in [-0.39, 0.29) is 18.8 Å². The molecule has 2 N–H and O–H groups in total. The zero-order valence-electron chi connectivity index (χ0n) is 19.9. The number of imide groups is 1. The zero-order chi connectivity index (χ0) is 25.0. The van der Waals surface area contributed by atoms with E-state index in [1.165, 1.54) is 0 Å². The summed E-state index contributed by atoms with van der Waals surface area (Å²) in [5, 5.41) is 5.14. The third kappa shape index (κ3) is 7.21. The van der Waals surface area contributed by atoms with Crippen molar-refractivity contribution in [2.45, 2.75) is 19.6 Å². The summed E-state index contributed by atoms with van der Waals surface area (Å²) in [7, 11) is 0. The highest BCUT2D eigenvalue weighted by atomic mass is 16.5. The molecule has 4 aromatic carbocycles. The van der Waals surface area contributed by atoms with Crippen LogP contribution in [0.4, 0.5) is 4.79 Å². The first-order valence-electron chi connectivity index (χ1n) is 11.8. The monoisotopic (exact) mass is 480 g/mol. The molecule has 0 saturated carbocycles.